The molecular formula is C17H31N5O. The van der Waals surface area contributed by atoms with Crippen molar-refractivity contribution < 1.29 is 4.52 Å². The summed E-state index contributed by atoms with van der Waals surface area (Å²) in [5, 5.41) is 11.0. The summed E-state index contributed by atoms with van der Waals surface area (Å²) in [4.78, 5) is 6.74. The standard InChI is InChI=1S/C17H31N5O/c1-5-15-14(16(6-2)23-21-15)11-20-17(18-3)19-10-13-8-7-9-22(4)12-13/h13H,5-12H2,1-4H3,(H2,18,19,20). The van der Waals surface area contributed by atoms with Crippen molar-refractivity contribution in [2.75, 3.05) is 33.7 Å². The van der Waals surface area contributed by atoms with Gasteiger partial charge >= 0.3 is 0 Å². The number of nitrogens with zero attached hydrogens (tertiary/aromatic N) is 3. The summed E-state index contributed by atoms with van der Waals surface area (Å²) < 4.78 is 5.41. The van der Waals surface area contributed by atoms with E-state index < -0.39 is 0 Å². The van der Waals surface area contributed by atoms with Crippen LogP contribution in [0, 0.1) is 5.92 Å². The molecule has 1 aromatic heterocycles. The van der Waals surface area contributed by atoms with Crippen LogP contribution in [0.25, 0.3) is 0 Å². The highest BCUT2D eigenvalue weighted by Gasteiger charge is 2.18. The fourth-order valence-electron chi connectivity index (χ4n) is 3.21. The van der Waals surface area contributed by atoms with Crippen LogP contribution in [0.2, 0.25) is 0 Å². The van der Waals surface area contributed by atoms with Gasteiger partial charge in [0.15, 0.2) is 5.96 Å². The van der Waals surface area contributed by atoms with E-state index in [1.54, 1.807) is 0 Å². The van der Waals surface area contributed by atoms with Gasteiger partial charge in [0.2, 0.25) is 0 Å². The fourth-order valence-corrected chi connectivity index (χ4v) is 3.21. The lowest BCUT2D eigenvalue weighted by Gasteiger charge is -2.30. The summed E-state index contributed by atoms with van der Waals surface area (Å²) in [6.07, 6.45) is 4.33. The fraction of sp³-hybridized carbons (Fsp3) is 0.765. The molecule has 2 rings (SSSR count). The van der Waals surface area contributed by atoms with Gasteiger partial charge in [-0.2, -0.15) is 0 Å². The minimum atomic E-state index is 0.695. The third kappa shape index (κ3) is 4.96. The van der Waals surface area contributed by atoms with E-state index in [-0.39, 0.29) is 0 Å². The van der Waals surface area contributed by atoms with Gasteiger partial charge in [0.05, 0.1) is 5.69 Å². The van der Waals surface area contributed by atoms with Crippen LogP contribution in [0.3, 0.4) is 0 Å². The van der Waals surface area contributed by atoms with Crippen LogP contribution in [0.1, 0.15) is 43.7 Å². The lowest BCUT2D eigenvalue weighted by Crippen LogP contribution is -2.43. The zero-order valence-electron chi connectivity index (χ0n) is 15.0. The number of rotatable bonds is 6. The Bertz CT molecular complexity index is 490. The number of guanidine groups is 1. The van der Waals surface area contributed by atoms with Crippen LogP contribution in [0.5, 0.6) is 0 Å². The number of aryl methyl sites for hydroxylation is 2. The van der Waals surface area contributed by atoms with Crippen LogP contribution in [0.4, 0.5) is 0 Å². The predicted octanol–water partition coefficient (Wildman–Crippen LogP) is 1.81. The Morgan fingerprint density at radius 1 is 1.35 bits per heavy atom. The van der Waals surface area contributed by atoms with Crippen LogP contribution in [-0.4, -0.2) is 49.7 Å². The summed E-state index contributed by atoms with van der Waals surface area (Å²) in [6.45, 7) is 8.25. The minimum Gasteiger partial charge on any atom is -0.361 e. The number of hydrogen-bond acceptors (Lipinski definition) is 4. The maximum Gasteiger partial charge on any atom is 0.191 e. The molecule has 6 nitrogen and oxygen atoms in total. The molecule has 0 aliphatic carbocycles. The molecule has 6 heteroatoms. The number of piperidine rings is 1. The SMILES string of the molecule is CCc1noc(CC)c1CNC(=NC)NCC1CCCN(C)C1. The smallest absolute Gasteiger partial charge is 0.191 e. The Morgan fingerprint density at radius 3 is 2.83 bits per heavy atom. The van der Waals surface area contributed by atoms with Crippen molar-refractivity contribution in [2.45, 2.75) is 46.1 Å². The average Bonchev–Trinajstić information content (AvgIpc) is 2.97. The molecule has 1 unspecified atom stereocenters. The quantitative estimate of drug-likeness (QED) is 0.618. The second kappa shape index (κ2) is 8.91. The zero-order chi connectivity index (χ0) is 16.7. The Kier molecular flexibility index (Phi) is 6.89. The van der Waals surface area contributed by atoms with Gasteiger partial charge in [0.25, 0.3) is 0 Å². The molecule has 2 N–H and O–H groups in total. The van der Waals surface area contributed by atoms with E-state index in [1.165, 1.54) is 24.9 Å². The lowest BCUT2D eigenvalue weighted by atomic mass is 9.99. The minimum absolute atomic E-state index is 0.695. The number of nitrogens with one attached hydrogen (secondary N) is 2. The van der Waals surface area contributed by atoms with Crippen molar-refractivity contribution in [3.8, 4) is 0 Å². The molecular weight excluding hydrogens is 290 g/mol. The van der Waals surface area contributed by atoms with Crippen LogP contribution in [0.15, 0.2) is 9.52 Å². The monoisotopic (exact) mass is 321 g/mol. The first-order chi connectivity index (χ1) is 11.2. The summed E-state index contributed by atoms with van der Waals surface area (Å²) in [5.41, 5.74) is 2.22. The summed E-state index contributed by atoms with van der Waals surface area (Å²) in [5.74, 6) is 2.52. The highest BCUT2D eigenvalue weighted by Crippen LogP contribution is 2.16. The molecule has 1 fully saturated rings. The van der Waals surface area contributed by atoms with Gasteiger partial charge in [0.1, 0.15) is 5.76 Å². The Balaban J connectivity index is 1.84. The molecule has 0 aromatic carbocycles. The first kappa shape index (κ1) is 17.8. The predicted molar refractivity (Wildman–Crippen MR) is 93.7 cm³/mol. The summed E-state index contributed by atoms with van der Waals surface area (Å²) >= 11 is 0. The van der Waals surface area contributed by atoms with E-state index in [9.17, 15) is 0 Å². The first-order valence-corrected chi connectivity index (χ1v) is 8.77. The van der Waals surface area contributed by atoms with Crippen molar-refractivity contribution in [3.63, 3.8) is 0 Å². The van der Waals surface area contributed by atoms with E-state index in [0.717, 1.165) is 43.3 Å². The third-order valence-electron chi connectivity index (χ3n) is 4.54. The van der Waals surface area contributed by atoms with Gasteiger partial charge in [0, 0.05) is 38.7 Å². The Morgan fingerprint density at radius 2 is 2.17 bits per heavy atom. The second-order valence-corrected chi connectivity index (χ2v) is 6.32. The van der Waals surface area contributed by atoms with Gasteiger partial charge in [-0.15, -0.1) is 0 Å². The van der Waals surface area contributed by atoms with Crippen molar-refractivity contribution >= 4 is 5.96 Å². The molecule has 2 heterocycles. The number of aliphatic imine (C=N–C) groups is 1. The van der Waals surface area contributed by atoms with Crippen LogP contribution < -0.4 is 10.6 Å². The lowest BCUT2D eigenvalue weighted by molar-refractivity contribution is 0.210. The van der Waals surface area contributed by atoms with E-state index in [0.29, 0.717) is 12.5 Å². The van der Waals surface area contributed by atoms with Gasteiger partial charge in [-0.25, -0.2) is 0 Å². The molecule has 130 valence electrons. The van der Waals surface area contributed by atoms with Crippen molar-refractivity contribution in [2.24, 2.45) is 10.9 Å². The van der Waals surface area contributed by atoms with Crippen molar-refractivity contribution in [1.82, 2.24) is 20.7 Å². The third-order valence-corrected chi connectivity index (χ3v) is 4.54. The van der Waals surface area contributed by atoms with E-state index >= 15 is 0 Å². The molecule has 0 saturated carbocycles. The Hall–Kier alpha value is -1.56. The highest BCUT2D eigenvalue weighted by atomic mass is 16.5. The molecule has 0 spiro atoms. The number of likely N-dealkylation sites (tertiary alicyclic amines) is 1. The zero-order valence-corrected chi connectivity index (χ0v) is 15.0. The summed E-state index contributed by atoms with van der Waals surface area (Å²) in [7, 11) is 4.01. The highest BCUT2D eigenvalue weighted by molar-refractivity contribution is 5.79. The van der Waals surface area contributed by atoms with Gasteiger partial charge in [-0.3, -0.25) is 4.99 Å². The molecule has 0 bridgehead atoms. The van der Waals surface area contributed by atoms with Crippen LogP contribution in [-0.2, 0) is 19.4 Å². The van der Waals surface area contributed by atoms with Gasteiger partial charge in [-0.1, -0.05) is 19.0 Å². The number of hydrogen-bond donors (Lipinski definition) is 2. The maximum absolute atomic E-state index is 5.41. The van der Waals surface area contributed by atoms with Crippen LogP contribution >= 0.6 is 0 Å². The topological polar surface area (TPSA) is 65.7 Å². The van der Waals surface area contributed by atoms with Gasteiger partial charge < -0.3 is 20.1 Å². The van der Waals surface area contributed by atoms with Crippen molar-refractivity contribution in [3.05, 3.63) is 17.0 Å². The van der Waals surface area contributed by atoms with E-state index in [4.69, 9.17) is 4.52 Å². The average molecular weight is 321 g/mol. The van der Waals surface area contributed by atoms with E-state index in [2.05, 4.69) is 46.6 Å². The largest absolute Gasteiger partial charge is 0.361 e. The Labute approximate surface area is 139 Å². The molecule has 1 saturated heterocycles. The molecule has 1 aliphatic rings. The number of aromatic nitrogens is 1. The van der Waals surface area contributed by atoms with Crippen molar-refractivity contribution in [1.29, 1.82) is 0 Å². The molecule has 0 radical (unpaired) electrons. The molecule has 0 amide bonds. The molecule has 1 atom stereocenters. The molecule has 1 aliphatic heterocycles. The van der Waals surface area contributed by atoms with E-state index in [1.807, 2.05) is 7.05 Å². The second-order valence-electron chi connectivity index (χ2n) is 6.32. The van der Waals surface area contributed by atoms with Gasteiger partial charge in [-0.05, 0) is 38.8 Å². The molecule has 23 heavy (non-hydrogen) atoms. The maximum atomic E-state index is 5.41. The summed E-state index contributed by atoms with van der Waals surface area (Å²) in [6, 6.07) is 0. The first-order valence-electron chi connectivity index (χ1n) is 8.77. The normalized spacial score (nSPS) is 19.8. The molecule has 1 aromatic rings.